The molecule has 1 rings (SSSR count). The molecule has 1 aromatic carbocycles. The van der Waals surface area contributed by atoms with Gasteiger partial charge in [0.05, 0.1) is 0 Å². The fourth-order valence-corrected chi connectivity index (χ4v) is 1.21. The summed E-state index contributed by atoms with van der Waals surface area (Å²) in [4.78, 5) is 0. The molecule has 0 saturated heterocycles. The molecule has 74 valence electrons. The van der Waals surface area contributed by atoms with Gasteiger partial charge in [0.25, 0.3) is 0 Å². The lowest BCUT2D eigenvalue weighted by Crippen LogP contribution is -1.93. The molecule has 0 unspecified atom stereocenters. The molecule has 0 bridgehead atoms. The number of hydrogen-bond acceptors (Lipinski definition) is 1. The van der Waals surface area contributed by atoms with E-state index in [1.54, 1.807) is 6.08 Å². The van der Waals surface area contributed by atoms with Crippen molar-refractivity contribution in [3.63, 3.8) is 0 Å². The predicted molar refractivity (Wildman–Crippen MR) is 60.5 cm³/mol. The first-order valence-electron chi connectivity index (χ1n) is 4.68. The van der Waals surface area contributed by atoms with Crippen molar-refractivity contribution in [1.82, 2.24) is 0 Å². The predicted octanol–water partition coefficient (Wildman–Crippen LogP) is 3.77. The molecule has 14 heavy (non-hydrogen) atoms. The van der Waals surface area contributed by atoms with Crippen LogP contribution in [-0.2, 0) is 0 Å². The lowest BCUT2D eigenvalue weighted by atomic mass is 10.1. The van der Waals surface area contributed by atoms with Gasteiger partial charge in [0, 0.05) is 0 Å². The Labute approximate surface area is 85.7 Å². The molecular formula is C13H16O. The van der Waals surface area contributed by atoms with Gasteiger partial charge in [0.1, 0.15) is 11.5 Å². The summed E-state index contributed by atoms with van der Waals surface area (Å²) in [6.45, 7) is 9.69. The maximum atomic E-state index is 5.66. The van der Waals surface area contributed by atoms with E-state index >= 15 is 0 Å². The Bertz CT molecular complexity index is 361. The standard InChI is InChI=1S/C13H16O/c1-5-7-11(3)14-13-9-6-8-10(2)12(13)4/h5-9H,1H2,2-4H3. The van der Waals surface area contributed by atoms with Crippen molar-refractivity contribution in [2.45, 2.75) is 20.8 Å². The molecular weight excluding hydrogens is 172 g/mol. The molecule has 0 aliphatic rings. The van der Waals surface area contributed by atoms with Gasteiger partial charge in [0.2, 0.25) is 0 Å². The number of ether oxygens (including phenoxy) is 1. The molecule has 1 heteroatoms. The summed E-state index contributed by atoms with van der Waals surface area (Å²) in [5.41, 5.74) is 2.43. The Balaban J connectivity index is 2.92. The number of aryl methyl sites for hydroxylation is 1. The van der Waals surface area contributed by atoms with E-state index in [0.29, 0.717) is 0 Å². The lowest BCUT2D eigenvalue weighted by Gasteiger charge is -2.10. The van der Waals surface area contributed by atoms with Crippen molar-refractivity contribution in [1.29, 1.82) is 0 Å². The van der Waals surface area contributed by atoms with Crippen LogP contribution < -0.4 is 4.74 Å². The average Bonchev–Trinajstić information content (AvgIpc) is 2.13. The van der Waals surface area contributed by atoms with E-state index in [2.05, 4.69) is 26.5 Å². The van der Waals surface area contributed by atoms with E-state index in [9.17, 15) is 0 Å². The molecule has 0 fully saturated rings. The van der Waals surface area contributed by atoms with Crippen LogP contribution in [0.25, 0.3) is 0 Å². The van der Waals surface area contributed by atoms with Crippen molar-refractivity contribution in [2.75, 3.05) is 0 Å². The van der Waals surface area contributed by atoms with Crippen LogP contribution in [0.15, 0.2) is 42.7 Å². The molecule has 0 radical (unpaired) electrons. The smallest absolute Gasteiger partial charge is 0.130 e. The van der Waals surface area contributed by atoms with Gasteiger partial charge in [-0.25, -0.2) is 0 Å². The summed E-state index contributed by atoms with van der Waals surface area (Å²) in [6, 6.07) is 6.05. The zero-order valence-corrected chi connectivity index (χ0v) is 9.00. The zero-order chi connectivity index (χ0) is 10.6. The Morgan fingerprint density at radius 2 is 2.07 bits per heavy atom. The quantitative estimate of drug-likeness (QED) is 0.518. The number of allylic oxidation sites excluding steroid dienone is 3. The fraction of sp³-hybridized carbons (Fsp3) is 0.231. The highest BCUT2D eigenvalue weighted by atomic mass is 16.5. The van der Waals surface area contributed by atoms with Gasteiger partial charge < -0.3 is 4.74 Å². The Hall–Kier alpha value is -1.50. The van der Waals surface area contributed by atoms with E-state index in [4.69, 9.17) is 4.74 Å². The minimum absolute atomic E-state index is 0.855. The Morgan fingerprint density at radius 1 is 1.36 bits per heavy atom. The second-order valence-electron chi connectivity index (χ2n) is 3.31. The Kier molecular flexibility index (Phi) is 3.52. The second-order valence-corrected chi connectivity index (χ2v) is 3.31. The highest BCUT2D eigenvalue weighted by molar-refractivity contribution is 5.39. The monoisotopic (exact) mass is 188 g/mol. The first-order chi connectivity index (χ1) is 6.65. The SMILES string of the molecule is C=CC=C(C)Oc1cccc(C)c1C. The summed E-state index contributed by atoms with van der Waals surface area (Å²) in [6.07, 6.45) is 3.57. The van der Waals surface area contributed by atoms with Crippen LogP contribution in [0, 0.1) is 13.8 Å². The molecule has 0 atom stereocenters. The van der Waals surface area contributed by atoms with Crippen molar-refractivity contribution >= 4 is 0 Å². The van der Waals surface area contributed by atoms with Crippen molar-refractivity contribution in [3.05, 3.63) is 53.8 Å². The van der Waals surface area contributed by atoms with Gasteiger partial charge in [0.15, 0.2) is 0 Å². The van der Waals surface area contributed by atoms with Crippen LogP contribution in [0.2, 0.25) is 0 Å². The minimum Gasteiger partial charge on any atom is -0.462 e. The van der Waals surface area contributed by atoms with Gasteiger partial charge in [-0.2, -0.15) is 0 Å². The molecule has 0 amide bonds. The molecule has 1 nitrogen and oxygen atoms in total. The van der Waals surface area contributed by atoms with E-state index < -0.39 is 0 Å². The second kappa shape index (κ2) is 4.66. The van der Waals surface area contributed by atoms with E-state index in [1.807, 2.05) is 25.1 Å². The molecule has 0 aromatic heterocycles. The zero-order valence-electron chi connectivity index (χ0n) is 9.00. The molecule has 0 aliphatic carbocycles. The first kappa shape index (κ1) is 10.6. The topological polar surface area (TPSA) is 9.23 Å². The van der Waals surface area contributed by atoms with Gasteiger partial charge in [-0.15, -0.1) is 0 Å². The van der Waals surface area contributed by atoms with Crippen LogP contribution in [-0.4, -0.2) is 0 Å². The van der Waals surface area contributed by atoms with Crippen molar-refractivity contribution in [3.8, 4) is 5.75 Å². The van der Waals surface area contributed by atoms with Crippen molar-refractivity contribution in [2.24, 2.45) is 0 Å². The summed E-state index contributed by atoms with van der Waals surface area (Å²) in [5.74, 6) is 1.77. The molecule has 0 heterocycles. The number of rotatable bonds is 3. The highest BCUT2D eigenvalue weighted by Gasteiger charge is 2.01. The third-order valence-corrected chi connectivity index (χ3v) is 2.18. The van der Waals surface area contributed by atoms with E-state index in [-0.39, 0.29) is 0 Å². The molecule has 1 aromatic rings. The van der Waals surface area contributed by atoms with Crippen molar-refractivity contribution < 1.29 is 4.74 Å². The number of benzene rings is 1. The number of hydrogen-bond donors (Lipinski definition) is 0. The van der Waals surface area contributed by atoms with Crippen LogP contribution in [0.5, 0.6) is 5.75 Å². The largest absolute Gasteiger partial charge is 0.462 e. The maximum Gasteiger partial charge on any atom is 0.130 e. The molecule has 0 saturated carbocycles. The minimum atomic E-state index is 0.855. The van der Waals surface area contributed by atoms with Gasteiger partial charge in [-0.1, -0.05) is 24.8 Å². The summed E-state index contributed by atoms with van der Waals surface area (Å²) < 4.78 is 5.66. The van der Waals surface area contributed by atoms with Gasteiger partial charge in [-0.3, -0.25) is 0 Å². The van der Waals surface area contributed by atoms with E-state index in [0.717, 1.165) is 11.5 Å². The summed E-state index contributed by atoms with van der Waals surface area (Å²) >= 11 is 0. The first-order valence-corrected chi connectivity index (χ1v) is 4.68. The van der Waals surface area contributed by atoms with Gasteiger partial charge >= 0.3 is 0 Å². The highest BCUT2D eigenvalue weighted by Crippen LogP contribution is 2.22. The molecule has 0 spiro atoms. The Morgan fingerprint density at radius 3 is 2.71 bits per heavy atom. The third kappa shape index (κ3) is 2.49. The molecule has 0 N–H and O–H groups in total. The lowest BCUT2D eigenvalue weighted by molar-refractivity contribution is 0.424. The van der Waals surface area contributed by atoms with Crippen LogP contribution in [0.1, 0.15) is 18.1 Å². The normalized spacial score (nSPS) is 11.2. The third-order valence-electron chi connectivity index (χ3n) is 2.18. The average molecular weight is 188 g/mol. The van der Waals surface area contributed by atoms with E-state index in [1.165, 1.54) is 11.1 Å². The fourth-order valence-electron chi connectivity index (χ4n) is 1.21. The molecule has 0 aliphatic heterocycles. The van der Waals surface area contributed by atoms with Gasteiger partial charge in [-0.05, 0) is 44.0 Å². The van der Waals surface area contributed by atoms with Crippen LogP contribution in [0.3, 0.4) is 0 Å². The van der Waals surface area contributed by atoms with Crippen LogP contribution in [0.4, 0.5) is 0 Å². The summed E-state index contributed by atoms with van der Waals surface area (Å²) in [7, 11) is 0. The van der Waals surface area contributed by atoms with Crippen LogP contribution >= 0.6 is 0 Å². The maximum absolute atomic E-state index is 5.66. The summed E-state index contributed by atoms with van der Waals surface area (Å²) in [5, 5.41) is 0.